The van der Waals surface area contributed by atoms with Crippen LogP contribution in [0.5, 0.6) is 0 Å². The van der Waals surface area contributed by atoms with Crippen LogP contribution in [0.3, 0.4) is 0 Å². The first-order valence-electron chi connectivity index (χ1n) is 6.15. The maximum Gasteiger partial charge on any atom is 0.326 e. The predicted octanol–water partition coefficient (Wildman–Crippen LogP) is 3.15. The van der Waals surface area contributed by atoms with Gasteiger partial charge in [0.2, 0.25) is 5.88 Å². The summed E-state index contributed by atoms with van der Waals surface area (Å²) < 4.78 is 4.96. The van der Waals surface area contributed by atoms with E-state index in [1.165, 1.54) is 6.07 Å². The van der Waals surface area contributed by atoms with Crippen molar-refractivity contribution in [2.24, 2.45) is 0 Å². The van der Waals surface area contributed by atoms with Crippen molar-refractivity contribution in [1.82, 2.24) is 5.16 Å². The van der Waals surface area contributed by atoms with Gasteiger partial charge in [-0.25, -0.2) is 4.79 Å². The molecule has 110 valence electrons. The summed E-state index contributed by atoms with van der Waals surface area (Å²) in [6.45, 7) is 5.16. The second kappa shape index (κ2) is 5.61. The summed E-state index contributed by atoms with van der Waals surface area (Å²) >= 11 is 0. The van der Waals surface area contributed by atoms with Gasteiger partial charge >= 0.3 is 6.03 Å². The third-order valence-corrected chi connectivity index (χ3v) is 3.07. The smallest absolute Gasteiger partial charge is 0.326 e. The van der Waals surface area contributed by atoms with Crippen LogP contribution < -0.4 is 10.6 Å². The second-order valence-electron chi connectivity index (χ2n) is 4.53. The molecular weight excluding hydrogens is 276 g/mol. The van der Waals surface area contributed by atoms with Crippen LogP contribution in [-0.4, -0.2) is 16.1 Å². The van der Waals surface area contributed by atoms with Crippen molar-refractivity contribution in [2.75, 3.05) is 10.6 Å². The summed E-state index contributed by atoms with van der Waals surface area (Å²) in [7, 11) is 0. The molecule has 2 rings (SSSR count). The summed E-state index contributed by atoms with van der Waals surface area (Å²) in [5.41, 5.74) is 1.92. The van der Waals surface area contributed by atoms with E-state index >= 15 is 0 Å². The van der Waals surface area contributed by atoms with Gasteiger partial charge in [-0.1, -0.05) is 17.3 Å². The topological polar surface area (TPSA) is 110 Å². The number of nitro groups is 1. The van der Waals surface area contributed by atoms with Crippen LogP contribution in [-0.2, 0) is 0 Å². The number of aromatic nitrogens is 1. The Hall–Kier alpha value is -2.90. The van der Waals surface area contributed by atoms with Gasteiger partial charge in [0, 0.05) is 11.6 Å². The molecule has 2 N–H and O–H groups in total. The van der Waals surface area contributed by atoms with Crippen molar-refractivity contribution in [1.29, 1.82) is 0 Å². The van der Waals surface area contributed by atoms with E-state index in [-0.39, 0.29) is 17.3 Å². The van der Waals surface area contributed by atoms with E-state index in [1.807, 2.05) is 0 Å². The molecule has 0 aliphatic rings. The van der Waals surface area contributed by atoms with Crippen LogP contribution in [0.4, 0.5) is 22.1 Å². The van der Waals surface area contributed by atoms with Gasteiger partial charge in [0.15, 0.2) is 0 Å². The quantitative estimate of drug-likeness (QED) is 0.666. The molecule has 0 bridgehead atoms. The van der Waals surface area contributed by atoms with Crippen LogP contribution in [0.1, 0.15) is 16.8 Å². The zero-order valence-corrected chi connectivity index (χ0v) is 11.8. The number of amides is 2. The van der Waals surface area contributed by atoms with Gasteiger partial charge in [-0.2, -0.15) is 0 Å². The number of aryl methyl sites for hydroxylation is 2. The van der Waals surface area contributed by atoms with Gasteiger partial charge in [0.05, 0.1) is 10.6 Å². The highest BCUT2D eigenvalue weighted by molar-refractivity contribution is 6.01. The molecule has 0 saturated heterocycles. The van der Waals surface area contributed by atoms with Gasteiger partial charge in [0.25, 0.3) is 5.69 Å². The molecule has 0 aliphatic heterocycles. The van der Waals surface area contributed by atoms with Crippen LogP contribution in [0.15, 0.2) is 22.7 Å². The lowest BCUT2D eigenvalue weighted by molar-refractivity contribution is -0.383. The molecular formula is C13H14N4O4. The Morgan fingerprint density at radius 1 is 1.29 bits per heavy atom. The SMILES string of the molecule is Cc1cccc([N+](=O)[O-])c1NC(=O)Nc1onc(C)c1C. The van der Waals surface area contributed by atoms with Gasteiger partial charge in [0.1, 0.15) is 5.69 Å². The molecule has 0 saturated carbocycles. The molecule has 0 atom stereocenters. The number of nitro benzene ring substituents is 1. The maximum atomic E-state index is 11.9. The van der Waals surface area contributed by atoms with Crippen molar-refractivity contribution in [3.8, 4) is 0 Å². The molecule has 1 heterocycles. The number of hydrogen-bond acceptors (Lipinski definition) is 5. The summed E-state index contributed by atoms with van der Waals surface area (Å²) in [5, 5.41) is 19.6. The standard InChI is InChI=1S/C13H14N4O4/c1-7-5-4-6-10(17(19)20)11(7)14-13(18)15-12-8(2)9(3)16-21-12/h4-6H,1-3H3,(H2,14,15,18). The fourth-order valence-corrected chi connectivity index (χ4v) is 1.75. The number of anilines is 2. The van der Waals surface area contributed by atoms with Gasteiger partial charge in [-0.15, -0.1) is 0 Å². The fraction of sp³-hybridized carbons (Fsp3) is 0.231. The number of urea groups is 1. The number of nitrogens with zero attached hydrogens (tertiary/aromatic N) is 2. The van der Waals surface area contributed by atoms with Gasteiger partial charge in [-0.3, -0.25) is 15.4 Å². The molecule has 0 aliphatic carbocycles. The zero-order chi connectivity index (χ0) is 15.6. The number of para-hydroxylation sites is 1. The molecule has 21 heavy (non-hydrogen) atoms. The van der Waals surface area contributed by atoms with E-state index in [4.69, 9.17) is 4.52 Å². The van der Waals surface area contributed by atoms with E-state index in [0.717, 1.165) is 0 Å². The summed E-state index contributed by atoms with van der Waals surface area (Å²) in [6.07, 6.45) is 0. The average Bonchev–Trinajstić information content (AvgIpc) is 2.73. The van der Waals surface area contributed by atoms with Crippen LogP contribution in [0.2, 0.25) is 0 Å². The first-order valence-corrected chi connectivity index (χ1v) is 6.15. The molecule has 2 amide bonds. The maximum absolute atomic E-state index is 11.9. The van der Waals surface area contributed by atoms with Crippen molar-refractivity contribution >= 4 is 23.3 Å². The minimum atomic E-state index is -0.633. The Balaban J connectivity index is 2.20. The zero-order valence-electron chi connectivity index (χ0n) is 11.8. The van der Waals surface area contributed by atoms with E-state index in [0.29, 0.717) is 16.8 Å². The van der Waals surface area contributed by atoms with Gasteiger partial charge < -0.3 is 9.84 Å². The Labute approximate surface area is 120 Å². The summed E-state index contributed by atoms with van der Waals surface area (Å²) in [4.78, 5) is 22.4. The highest BCUT2D eigenvalue weighted by atomic mass is 16.6. The lowest BCUT2D eigenvalue weighted by Crippen LogP contribution is -2.20. The summed E-state index contributed by atoms with van der Waals surface area (Å²) in [6, 6.07) is 3.92. The van der Waals surface area contributed by atoms with Crippen molar-refractivity contribution in [3.05, 3.63) is 45.1 Å². The number of nitrogens with one attached hydrogen (secondary N) is 2. The lowest BCUT2D eigenvalue weighted by atomic mass is 10.1. The Morgan fingerprint density at radius 2 is 2.00 bits per heavy atom. The van der Waals surface area contributed by atoms with Gasteiger partial charge in [-0.05, 0) is 26.3 Å². The molecule has 0 radical (unpaired) electrons. The number of benzene rings is 1. The normalized spacial score (nSPS) is 10.2. The van der Waals surface area contributed by atoms with Crippen molar-refractivity contribution in [2.45, 2.75) is 20.8 Å². The molecule has 0 unspecified atom stereocenters. The minimum absolute atomic E-state index is 0.147. The lowest BCUT2D eigenvalue weighted by Gasteiger charge is -2.09. The molecule has 1 aromatic carbocycles. The fourth-order valence-electron chi connectivity index (χ4n) is 1.75. The van der Waals surface area contributed by atoms with Crippen molar-refractivity contribution in [3.63, 3.8) is 0 Å². The number of rotatable bonds is 3. The highest BCUT2D eigenvalue weighted by Crippen LogP contribution is 2.28. The van der Waals surface area contributed by atoms with Crippen molar-refractivity contribution < 1.29 is 14.2 Å². The van der Waals surface area contributed by atoms with Crippen LogP contribution in [0.25, 0.3) is 0 Å². The van der Waals surface area contributed by atoms with E-state index in [2.05, 4.69) is 15.8 Å². The molecule has 2 aromatic rings. The molecule has 0 fully saturated rings. The Morgan fingerprint density at radius 3 is 2.57 bits per heavy atom. The third-order valence-electron chi connectivity index (χ3n) is 3.07. The summed E-state index contributed by atoms with van der Waals surface area (Å²) in [5.74, 6) is 0.209. The molecule has 0 spiro atoms. The molecule has 1 aromatic heterocycles. The average molecular weight is 290 g/mol. The predicted molar refractivity (Wildman–Crippen MR) is 76.5 cm³/mol. The highest BCUT2D eigenvalue weighted by Gasteiger charge is 2.19. The van der Waals surface area contributed by atoms with Crippen LogP contribution >= 0.6 is 0 Å². The number of carbonyl (C=O) groups is 1. The third kappa shape index (κ3) is 2.99. The number of hydrogen-bond donors (Lipinski definition) is 2. The first kappa shape index (κ1) is 14.5. The first-order chi connectivity index (χ1) is 9.90. The Bertz CT molecular complexity index is 708. The van der Waals surface area contributed by atoms with E-state index in [1.54, 1.807) is 32.9 Å². The largest absolute Gasteiger partial charge is 0.338 e. The molecule has 8 nitrogen and oxygen atoms in total. The molecule has 8 heteroatoms. The minimum Gasteiger partial charge on any atom is -0.338 e. The second-order valence-corrected chi connectivity index (χ2v) is 4.53. The van der Waals surface area contributed by atoms with E-state index in [9.17, 15) is 14.9 Å². The van der Waals surface area contributed by atoms with Crippen LogP contribution in [0, 0.1) is 30.9 Å². The van der Waals surface area contributed by atoms with E-state index < -0.39 is 11.0 Å². The Kier molecular flexibility index (Phi) is 3.88. The monoisotopic (exact) mass is 290 g/mol. The number of carbonyl (C=O) groups excluding carboxylic acids is 1.